The van der Waals surface area contributed by atoms with Crippen LogP contribution in [0.25, 0.3) is 0 Å². The van der Waals surface area contributed by atoms with Gasteiger partial charge in [0.15, 0.2) is 0 Å². The van der Waals surface area contributed by atoms with Crippen LogP contribution in [0.2, 0.25) is 5.02 Å². The second-order valence-corrected chi connectivity index (χ2v) is 5.37. The first-order valence-electron chi connectivity index (χ1n) is 6.45. The number of hydrogen-bond acceptors (Lipinski definition) is 2. The van der Waals surface area contributed by atoms with E-state index in [9.17, 15) is 9.59 Å². The maximum Gasteiger partial charge on any atom is 0.335 e. The summed E-state index contributed by atoms with van der Waals surface area (Å²) in [6, 6.07) is 12.0. The average Bonchev–Trinajstić information content (AvgIpc) is 2.77. The predicted octanol–water partition coefficient (Wildman–Crippen LogP) is 3.13. The molecule has 21 heavy (non-hydrogen) atoms. The van der Waals surface area contributed by atoms with Crippen molar-refractivity contribution in [2.45, 2.75) is 13.0 Å². The van der Waals surface area contributed by atoms with Crippen LogP contribution in [0.4, 0.5) is 5.69 Å². The van der Waals surface area contributed by atoms with Gasteiger partial charge in [0, 0.05) is 10.7 Å². The van der Waals surface area contributed by atoms with Crippen molar-refractivity contribution in [1.29, 1.82) is 0 Å². The molecule has 106 valence electrons. The highest BCUT2D eigenvalue weighted by Gasteiger charge is 2.28. The number of rotatable bonds is 3. The molecule has 0 aromatic heterocycles. The van der Waals surface area contributed by atoms with Crippen LogP contribution in [0.1, 0.15) is 21.5 Å². The van der Waals surface area contributed by atoms with E-state index in [0.29, 0.717) is 23.7 Å². The van der Waals surface area contributed by atoms with Gasteiger partial charge in [0.25, 0.3) is 0 Å². The van der Waals surface area contributed by atoms with E-state index >= 15 is 0 Å². The largest absolute Gasteiger partial charge is 0.478 e. The van der Waals surface area contributed by atoms with Crippen LogP contribution < -0.4 is 4.90 Å². The number of carbonyl (C=O) groups excluding carboxylic acids is 1. The minimum atomic E-state index is -0.997. The van der Waals surface area contributed by atoms with Crippen molar-refractivity contribution in [2.75, 3.05) is 4.90 Å². The fourth-order valence-electron chi connectivity index (χ4n) is 2.44. The summed E-state index contributed by atoms with van der Waals surface area (Å²) < 4.78 is 0. The van der Waals surface area contributed by atoms with Crippen LogP contribution in [0.3, 0.4) is 0 Å². The minimum absolute atomic E-state index is 0.0255. The lowest BCUT2D eigenvalue weighted by molar-refractivity contribution is -0.117. The van der Waals surface area contributed by atoms with E-state index in [2.05, 4.69) is 0 Å². The van der Waals surface area contributed by atoms with E-state index in [0.717, 1.165) is 11.1 Å². The molecular weight excluding hydrogens is 290 g/mol. The van der Waals surface area contributed by atoms with Crippen molar-refractivity contribution in [1.82, 2.24) is 0 Å². The molecule has 1 heterocycles. The third kappa shape index (κ3) is 2.62. The molecule has 2 aromatic rings. The number of halogens is 1. The van der Waals surface area contributed by atoms with Crippen LogP contribution in [0.5, 0.6) is 0 Å². The molecule has 0 saturated heterocycles. The molecule has 2 aromatic carbocycles. The summed E-state index contributed by atoms with van der Waals surface area (Å²) >= 11 is 5.85. The van der Waals surface area contributed by atoms with E-state index in [-0.39, 0.29) is 11.5 Å². The van der Waals surface area contributed by atoms with Crippen LogP contribution in [0, 0.1) is 0 Å². The number of carbonyl (C=O) groups is 2. The molecule has 1 aliphatic heterocycles. The third-order valence-electron chi connectivity index (χ3n) is 3.52. The number of anilines is 1. The predicted molar refractivity (Wildman–Crippen MR) is 79.7 cm³/mol. The zero-order valence-electron chi connectivity index (χ0n) is 11.0. The van der Waals surface area contributed by atoms with Gasteiger partial charge in [-0.2, -0.15) is 0 Å². The highest BCUT2D eigenvalue weighted by Crippen LogP contribution is 2.31. The number of carboxylic acid groups (broad SMARTS) is 1. The van der Waals surface area contributed by atoms with Crippen LogP contribution >= 0.6 is 11.6 Å². The van der Waals surface area contributed by atoms with Crippen molar-refractivity contribution in [2.24, 2.45) is 0 Å². The van der Waals surface area contributed by atoms with Gasteiger partial charge in [-0.25, -0.2) is 4.79 Å². The molecule has 0 saturated carbocycles. The molecule has 0 atom stereocenters. The Morgan fingerprint density at radius 2 is 1.90 bits per heavy atom. The van der Waals surface area contributed by atoms with Gasteiger partial charge >= 0.3 is 5.97 Å². The molecule has 0 bridgehead atoms. The molecule has 1 N–H and O–H groups in total. The second-order valence-electron chi connectivity index (χ2n) is 4.93. The van der Waals surface area contributed by atoms with Gasteiger partial charge < -0.3 is 10.0 Å². The molecule has 1 amide bonds. The first-order valence-corrected chi connectivity index (χ1v) is 6.83. The first kappa shape index (κ1) is 13.6. The quantitative estimate of drug-likeness (QED) is 0.947. The summed E-state index contributed by atoms with van der Waals surface area (Å²) in [5, 5.41) is 9.71. The molecule has 0 fully saturated rings. The van der Waals surface area contributed by atoms with Crippen molar-refractivity contribution < 1.29 is 14.7 Å². The molecule has 0 spiro atoms. The lowest BCUT2D eigenvalue weighted by Crippen LogP contribution is -2.26. The zero-order chi connectivity index (χ0) is 15.0. The lowest BCUT2D eigenvalue weighted by atomic mass is 10.1. The zero-order valence-corrected chi connectivity index (χ0v) is 11.8. The molecule has 1 aliphatic rings. The normalized spacial score (nSPS) is 13.4. The Balaban J connectivity index is 1.93. The minimum Gasteiger partial charge on any atom is -0.478 e. The number of nitrogens with zero attached hydrogens (tertiary/aromatic N) is 1. The number of fused-ring (bicyclic) bond motifs is 1. The van der Waals surface area contributed by atoms with E-state index < -0.39 is 5.97 Å². The van der Waals surface area contributed by atoms with Gasteiger partial charge in [-0.3, -0.25) is 4.79 Å². The number of carboxylic acids is 1. The molecule has 5 heteroatoms. The third-order valence-corrected chi connectivity index (χ3v) is 3.77. The summed E-state index contributed by atoms with van der Waals surface area (Å²) in [5.41, 5.74) is 2.67. The van der Waals surface area contributed by atoms with E-state index in [1.54, 1.807) is 29.2 Å². The summed E-state index contributed by atoms with van der Waals surface area (Å²) in [5.74, 6) is -1.02. The highest BCUT2D eigenvalue weighted by atomic mass is 35.5. The Morgan fingerprint density at radius 3 is 2.57 bits per heavy atom. The molecule has 0 aliphatic carbocycles. The fraction of sp³-hybridized carbons (Fsp3) is 0.125. The van der Waals surface area contributed by atoms with Crippen LogP contribution in [-0.2, 0) is 17.8 Å². The SMILES string of the molecule is O=C(O)c1ccc2c(c1)N(Cc1ccc(Cl)cc1)C(=O)C2. The van der Waals surface area contributed by atoms with Crippen molar-refractivity contribution in [3.8, 4) is 0 Å². The van der Waals surface area contributed by atoms with Crippen molar-refractivity contribution in [3.05, 3.63) is 64.2 Å². The van der Waals surface area contributed by atoms with Gasteiger partial charge in [0.2, 0.25) is 5.91 Å². The Morgan fingerprint density at radius 1 is 1.19 bits per heavy atom. The summed E-state index contributed by atoms with van der Waals surface area (Å²) in [6.45, 7) is 0.409. The monoisotopic (exact) mass is 301 g/mol. The topological polar surface area (TPSA) is 57.6 Å². The van der Waals surface area contributed by atoms with Crippen molar-refractivity contribution >= 4 is 29.2 Å². The number of amides is 1. The maximum atomic E-state index is 12.1. The van der Waals surface area contributed by atoms with Gasteiger partial charge in [-0.05, 0) is 35.4 Å². The van der Waals surface area contributed by atoms with Gasteiger partial charge in [0.05, 0.1) is 18.5 Å². The first-order chi connectivity index (χ1) is 10.0. The van der Waals surface area contributed by atoms with E-state index in [4.69, 9.17) is 16.7 Å². The highest BCUT2D eigenvalue weighted by molar-refractivity contribution is 6.30. The maximum absolute atomic E-state index is 12.1. The molecule has 3 rings (SSSR count). The Bertz CT molecular complexity index is 725. The van der Waals surface area contributed by atoms with Gasteiger partial charge in [-0.15, -0.1) is 0 Å². The van der Waals surface area contributed by atoms with Crippen molar-refractivity contribution in [3.63, 3.8) is 0 Å². The number of aromatic carboxylic acids is 1. The van der Waals surface area contributed by atoms with Crippen LogP contribution in [0.15, 0.2) is 42.5 Å². The molecular formula is C16H12ClNO3. The summed E-state index contributed by atoms with van der Waals surface area (Å²) in [7, 11) is 0. The second kappa shape index (κ2) is 5.22. The fourth-order valence-corrected chi connectivity index (χ4v) is 2.56. The summed E-state index contributed by atoms with van der Waals surface area (Å²) in [4.78, 5) is 24.8. The van der Waals surface area contributed by atoms with E-state index in [1.165, 1.54) is 6.07 Å². The molecule has 0 radical (unpaired) electrons. The lowest BCUT2D eigenvalue weighted by Gasteiger charge is -2.18. The average molecular weight is 302 g/mol. The van der Waals surface area contributed by atoms with Gasteiger partial charge in [0.1, 0.15) is 0 Å². The Kier molecular flexibility index (Phi) is 3.39. The van der Waals surface area contributed by atoms with Gasteiger partial charge in [-0.1, -0.05) is 29.8 Å². The Labute approximate surface area is 126 Å². The number of hydrogen-bond donors (Lipinski definition) is 1. The molecule has 4 nitrogen and oxygen atoms in total. The van der Waals surface area contributed by atoms with Crippen LogP contribution in [-0.4, -0.2) is 17.0 Å². The summed E-state index contributed by atoms with van der Waals surface area (Å²) in [6.07, 6.45) is 0.308. The molecule has 0 unspecified atom stereocenters. The number of benzene rings is 2. The smallest absolute Gasteiger partial charge is 0.335 e. The Hall–Kier alpha value is -2.33. The standard InChI is InChI=1S/C16H12ClNO3/c17-13-5-1-10(2-6-13)9-18-14-7-12(16(20)21)4-3-11(14)8-15(18)19/h1-7H,8-9H2,(H,20,21). The van der Waals surface area contributed by atoms with E-state index in [1.807, 2.05) is 12.1 Å².